The minimum absolute atomic E-state index is 0.126. The molecule has 1 aromatic rings. The number of Topliss-reactive ketones (excluding diaryl/α,β-unsaturated/α-hetero) is 1. The lowest BCUT2D eigenvalue weighted by molar-refractivity contribution is -0.120. The average Bonchev–Trinajstić information content (AvgIpc) is 3.55. The molecule has 256 valence electrons. The fourth-order valence-electron chi connectivity index (χ4n) is 5.68. The van der Waals surface area contributed by atoms with Crippen LogP contribution in [0.5, 0.6) is 0 Å². The van der Waals surface area contributed by atoms with Crippen LogP contribution in [-0.4, -0.2) is 83.8 Å². The first-order chi connectivity index (χ1) is 22.4. The molecule has 0 fully saturated rings. The zero-order valence-corrected chi connectivity index (χ0v) is 27.9. The molecule has 0 saturated heterocycles. The summed E-state index contributed by atoms with van der Waals surface area (Å²) < 4.78 is 16.7. The average molecular weight is 654 g/mol. The third-order valence-corrected chi connectivity index (χ3v) is 8.24. The Balaban J connectivity index is 2.00. The molecule has 3 rings (SSSR count). The molecular formula is C34H47N5O8. The van der Waals surface area contributed by atoms with Crippen LogP contribution in [0.25, 0.3) is 0 Å². The number of aromatic amines is 1. The highest BCUT2D eigenvalue weighted by atomic mass is 16.6. The number of rotatable bonds is 8. The number of amides is 2. The standard InChI is InChI=1S/C34H47N5O8/c1-19-15-23-29(38-12-8-11-28-36-13-14-37-28)25(40)18-24(31(23)42)39-33(43)20(2)9-7-10-26(45-5)32(47-34(35)44)22(4)17-21(3)30(41)27(16-19)46-6/h7,9-10,13-14,17-19,21,26-27,30,32,38,41H,8,11-12,15-16H2,1-6H3,(H2,35,44)(H,36,37)(H,39,43)/b10-7-,20-9+,22-17+/t19-,21+,26+,27+,30-,32+/m1/s1. The Kier molecular flexibility index (Phi) is 13.9. The van der Waals surface area contributed by atoms with Crippen LogP contribution >= 0.6 is 0 Å². The number of allylic oxidation sites excluding steroid dienone is 4. The van der Waals surface area contributed by atoms with Gasteiger partial charge in [0.15, 0.2) is 6.10 Å². The van der Waals surface area contributed by atoms with Crippen LogP contribution in [0.15, 0.2) is 70.9 Å². The van der Waals surface area contributed by atoms with Gasteiger partial charge in [0.1, 0.15) is 11.9 Å². The quantitative estimate of drug-likeness (QED) is 0.158. The number of nitrogens with two attached hydrogens (primary N) is 1. The number of ketones is 2. The van der Waals surface area contributed by atoms with Gasteiger partial charge in [-0.1, -0.05) is 38.2 Å². The Morgan fingerprint density at radius 2 is 1.91 bits per heavy atom. The van der Waals surface area contributed by atoms with Crippen molar-refractivity contribution in [3.05, 3.63) is 76.7 Å². The van der Waals surface area contributed by atoms with E-state index in [1.165, 1.54) is 20.3 Å². The number of carbonyl (C=O) groups is 4. The molecular weight excluding hydrogens is 606 g/mol. The first-order valence-electron chi connectivity index (χ1n) is 15.7. The summed E-state index contributed by atoms with van der Waals surface area (Å²) in [6, 6.07) is 0. The number of primary amides is 1. The summed E-state index contributed by atoms with van der Waals surface area (Å²) in [7, 11) is 2.93. The fraction of sp³-hybridized carbons (Fsp3) is 0.500. The predicted molar refractivity (Wildman–Crippen MR) is 174 cm³/mol. The van der Waals surface area contributed by atoms with Crippen molar-refractivity contribution in [3.8, 4) is 0 Å². The van der Waals surface area contributed by atoms with Crippen LogP contribution in [0.4, 0.5) is 4.79 Å². The van der Waals surface area contributed by atoms with Crippen LogP contribution in [0.3, 0.4) is 0 Å². The summed E-state index contributed by atoms with van der Waals surface area (Å²) in [6.07, 6.45) is 8.51. The summed E-state index contributed by atoms with van der Waals surface area (Å²) >= 11 is 0. The predicted octanol–water partition coefficient (Wildman–Crippen LogP) is 2.71. The molecule has 2 bridgehead atoms. The number of aryl methyl sites for hydroxylation is 1. The molecule has 6 N–H and O–H groups in total. The third kappa shape index (κ3) is 10.3. The van der Waals surface area contributed by atoms with Gasteiger partial charge >= 0.3 is 6.09 Å². The smallest absolute Gasteiger partial charge is 0.405 e. The molecule has 13 nitrogen and oxygen atoms in total. The van der Waals surface area contributed by atoms with Crippen LogP contribution in [0, 0.1) is 11.8 Å². The molecule has 13 heteroatoms. The van der Waals surface area contributed by atoms with Crippen molar-refractivity contribution in [1.29, 1.82) is 0 Å². The van der Waals surface area contributed by atoms with E-state index in [0.717, 1.165) is 11.9 Å². The van der Waals surface area contributed by atoms with Gasteiger partial charge < -0.3 is 40.7 Å². The lowest BCUT2D eigenvalue weighted by Crippen LogP contribution is -2.38. The highest BCUT2D eigenvalue weighted by Gasteiger charge is 2.33. The van der Waals surface area contributed by atoms with Gasteiger partial charge in [0.25, 0.3) is 5.91 Å². The maximum absolute atomic E-state index is 13.8. The van der Waals surface area contributed by atoms with Gasteiger partial charge in [-0.3, -0.25) is 14.4 Å². The molecule has 0 unspecified atom stereocenters. The summed E-state index contributed by atoms with van der Waals surface area (Å²) in [5, 5.41) is 17.1. The monoisotopic (exact) mass is 653 g/mol. The summed E-state index contributed by atoms with van der Waals surface area (Å²) in [5.41, 5.74) is 6.51. The summed E-state index contributed by atoms with van der Waals surface area (Å²) in [4.78, 5) is 59.4. The molecule has 2 aliphatic rings. The molecule has 0 aromatic carbocycles. The van der Waals surface area contributed by atoms with Gasteiger partial charge in [-0.2, -0.15) is 0 Å². The highest BCUT2D eigenvalue weighted by Crippen LogP contribution is 2.29. The first-order valence-corrected chi connectivity index (χ1v) is 15.7. The Labute approximate surface area is 275 Å². The van der Waals surface area contributed by atoms with Gasteiger partial charge in [-0.25, -0.2) is 9.78 Å². The number of H-pyrrole nitrogens is 1. The molecule has 1 aliphatic heterocycles. The number of aromatic nitrogens is 2. The number of ether oxygens (including phenoxy) is 3. The molecule has 47 heavy (non-hydrogen) atoms. The fourth-order valence-corrected chi connectivity index (χ4v) is 5.68. The topological polar surface area (TPSA) is 195 Å². The molecule has 0 saturated carbocycles. The minimum Gasteiger partial charge on any atom is -0.439 e. The molecule has 1 aromatic heterocycles. The van der Waals surface area contributed by atoms with Gasteiger partial charge in [-0.05, 0) is 44.6 Å². The molecule has 2 amide bonds. The lowest BCUT2D eigenvalue weighted by Gasteiger charge is -2.30. The number of aliphatic hydroxyl groups is 1. The molecule has 6 atom stereocenters. The number of hydrogen-bond donors (Lipinski definition) is 5. The Morgan fingerprint density at radius 1 is 1.17 bits per heavy atom. The van der Waals surface area contributed by atoms with Crippen molar-refractivity contribution >= 4 is 23.6 Å². The van der Waals surface area contributed by atoms with E-state index in [-0.39, 0.29) is 34.9 Å². The largest absolute Gasteiger partial charge is 0.439 e. The molecule has 0 spiro atoms. The molecule has 0 radical (unpaired) electrons. The van der Waals surface area contributed by atoms with E-state index in [0.29, 0.717) is 31.4 Å². The van der Waals surface area contributed by atoms with Gasteiger partial charge in [0.05, 0.1) is 23.6 Å². The van der Waals surface area contributed by atoms with E-state index < -0.39 is 53.9 Å². The van der Waals surface area contributed by atoms with Crippen LogP contribution in [-0.2, 0) is 35.0 Å². The van der Waals surface area contributed by atoms with E-state index in [4.69, 9.17) is 19.9 Å². The number of methoxy groups -OCH3 is 2. The number of aliphatic hydroxyl groups excluding tert-OH is 1. The van der Waals surface area contributed by atoms with E-state index in [1.807, 2.05) is 13.8 Å². The van der Waals surface area contributed by atoms with E-state index >= 15 is 0 Å². The van der Waals surface area contributed by atoms with E-state index in [9.17, 15) is 24.3 Å². The zero-order valence-electron chi connectivity index (χ0n) is 27.9. The summed E-state index contributed by atoms with van der Waals surface area (Å²) in [6.45, 7) is 7.43. The van der Waals surface area contributed by atoms with Crippen molar-refractivity contribution in [3.63, 3.8) is 0 Å². The highest BCUT2D eigenvalue weighted by molar-refractivity contribution is 6.23. The molecule has 2 heterocycles. The number of fused-ring (bicyclic) bond motifs is 2. The number of nitrogens with zero attached hydrogens (tertiary/aromatic N) is 1. The van der Waals surface area contributed by atoms with Gasteiger partial charge in [0, 0.05) is 62.7 Å². The lowest BCUT2D eigenvalue weighted by atomic mass is 9.85. The van der Waals surface area contributed by atoms with Crippen molar-refractivity contribution in [1.82, 2.24) is 20.6 Å². The van der Waals surface area contributed by atoms with Gasteiger partial charge in [0.2, 0.25) is 11.6 Å². The normalized spacial score (nSPS) is 29.6. The van der Waals surface area contributed by atoms with Crippen molar-refractivity contribution in [2.24, 2.45) is 17.6 Å². The summed E-state index contributed by atoms with van der Waals surface area (Å²) in [5.74, 6) is -1.31. The van der Waals surface area contributed by atoms with Crippen LogP contribution in [0.1, 0.15) is 52.8 Å². The van der Waals surface area contributed by atoms with Crippen LogP contribution in [0.2, 0.25) is 0 Å². The molecule has 1 aliphatic carbocycles. The van der Waals surface area contributed by atoms with Gasteiger partial charge in [-0.15, -0.1) is 0 Å². The SMILES string of the molecule is CO[C@H]1/C=C\C=C(/C)C(=O)NC2=CC(=O)C(NCCCc3ncc[nH]3)=C(C[C@@H](C)C[C@H](OC)[C@H](O)[C@@H](C)/C=C(\C)[C@@H]1OC(N)=O)C2=O. The maximum atomic E-state index is 13.8. The Bertz CT molecular complexity index is 1440. The van der Waals surface area contributed by atoms with Crippen molar-refractivity contribution < 1.29 is 38.5 Å². The number of hydrogen-bond acceptors (Lipinski definition) is 10. The first kappa shape index (κ1) is 37.1. The van der Waals surface area contributed by atoms with Crippen LogP contribution < -0.4 is 16.4 Å². The Hall–Kier alpha value is -4.33. The Morgan fingerprint density at radius 3 is 2.55 bits per heavy atom. The third-order valence-electron chi connectivity index (χ3n) is 8.24. The number of imidazole rings is 1. The maximum Gasteiger partial charge on any atom is 0.405 e. The second-order valence-corrected chi connectivity index (χ2v) is 12.0. The second kappa shape index (κ2) is 17.5. The minimum atomic E-state index is -1.00. The van der Waals surface area contributed by atoms with Crippen molar-refractivity contribution in [2.45, 2.75) is 77.8 Å². The van der Waals surface area contributed by atoms with E-state index in [2.05, 4.69) is 20.6 Å². The number of nitrogens with one attached hydrogen (secondary N) is 3. The zero-order chi connectivity index (χ0) is 34.7. The van der Waals surface area contributed by atoms with Crippen molar-refractivity contribution in [2.75, 3.05) is 20.8 Å². The van der Waals surface area contributed by atoms with E-state index in [1.54, 1.807) is 44.5 Å². The number of carbonyl (C=O) groups excluding carboxylic acids is 4. The second-order valence-electron chi connectivity index (χ2n) is 12.0.